The molecule has 5 rings (SSSR count). The first kappa shape index (κ1) is 28.2. The number of carbonyl (C=O) groups excluding carboxylic acids is 1. The number of fused-ring (bicyclic) bond motifs is 2. The molecule has 1 aromatic carbocycles. The number of nitrogens with one attached hydrogen (secondary N) is 3. The first-order valence-corrected chi connectivity index (χ1v) is 15.3. The van der Waals surface area contributed by atoms with Gasteiger partial charge in [0.25, 0.3) is 0 Å². The topological polar surface area (TPSA) is 103 Å². The minimum absolute atomic E-state index is 0.0104. The van der Waals surface area contributed by atoms with Gasteiger partial charge in [0.2, 0.25) is 0 Å². The van der Waals surface area contributed by atoms with Crippen LogP contribution in [0.5, 0.6) is 5.75 Å². The molecule has 3 unspecified atom stereocenters. The molecule has 0 bridgehead atoms. The van der Waals surface area contributed by atoms with Gasteiger partial charge in [-0.25, -0.2) is 0 Å². The summed E-state index contributed by atoms with van der Waals surface area (Å²) in [6, 6.07) is 6.60. The predicted octanol–water partition coefficient (Wildman–Crippen LogP) is 2.06. The minimum atomic E-state index is -4.06. The summed E-state index contributed by atoms with van der Waals surface area (Å²) in [6.07, 6.45) is 4.53. The second kappa shape index (κ2) is 11.6. The number of aliphatic hydroxyl groups excluding tert-OH is 1. The van der Waals surface area contributed by atoms with Crippen molar-refractivity contribution in [3.8, 4) is 17.6 Å². The number of rotatable bonds is 9. The van der Waals surface area contributed by atoms with Crippen LogP contribution >= 0.6 is 0 Å². The van der Waals surface area contributed by atoms with Crippen molar-refractivity contribution >= 4 is 42.3 Å². The van der Waals surface area contributed by atoms with E-state index < -0.39 is 20.9 Å². The van der Waals surface area contributed by atoms with Gasteiger partial charge >= 0.3 is 219 Å². The molecule has 3 aromatic rings. The molecule has 1 aliphatic heterocycles. The van der Waals surface area contributed by atoms with Gasteiger partial charge in [0.05, 0.1) is 6.10 Å². The Balaban J connectivity index is 1.34. The van der Waals surface area contributed by atoms with E-state index in [1.54, 1.807) is 43.6 Å². The van der Waals surface area contributed by atoms with Crippen LogP contribution in [0.15, 0.2) is 36.7 Å². The van der Waals surface area contributed by atoms with Crippen molar-refractivity contribution in [1.29, 1.82) is 0 Å². The maximum absolute atomic E-state index is 14.3. The van der Waals surface area contributed by atoms with Crippen LogP contribution in [0, 0.1) is 17.8 Å². The van der Waals surface area contributed by atoms with E-state index in [1.165, 1.54) is 11.5 Å². The number of nitrogens with zero attached hydrogens (tertiary/aromatic N) is 3. The van der Waals surface area contributed by atoms with Crippen LogP contribution in [0.4, 0.5) is 18.6 Å². The van der Waals surface area contributed by atoms with E-state index in [2.05, 4.69) is 44.7 Å². The summed E-state index contributed by atoms with van der Waals surface area (Å²) < 4.78 is 35.5. The van der Waals surface area contributed by atoms with Crippen molar-refractivity contribution in [2.24, 2.45) is 5.92 Å². The van der Waals surface area contributed by atoms with Crippen LogP contribution in [-0.2, 0) is 0 Å². The van der Waals surface area contributed by atoms with Gasteiger partial charge in [-0.2, -0.15) is 0 Å². The number of methoxy groups -OCH3 is 1. The quantitative estimate of drug-likeness (QED) is 0.215. The standard InChI is InChI=1S/C28H33F2N6O3Se/c1-18(37)16-33-26(38)19-6-7-24(39-3)22(13-19)31-9-4-5-20-14-23-25(32-10-12-36(23)27(20)40(29)30)34-28-8-11-35(2)17-21(28)15-28/h6-7,10,12-14,18,21,31,37H,8-9,11,15-17H2,1-3H3,(H,32,34)(H,33,38). The normalized spacial score (nSPS) is 20.8. The van der Waals surface area contributed by atoms with Gasteiger partial charge in [0.1, 0.15) is 0 Å². The molecule has 4 N–H and O–H groups in total. The Hall–Kier alpha value is -3.36. The number of aromatic nitrogens is 2. The van der Waals surface area contributed by atoms with Gasteiger partial charge in [-0.1, -0.05) is 0 Å². The van der Waals surface area contributed by atoms with Gasteiger partial charge in [-0.15, -0.1) is 0 Å². The zero-order chi connectivity index (χ0) is 28.4. The van der Waals surface area contributed by atoms with Crippen LogP contribution in [0.25, 0.3) is 5.52 Å². The number of piperidine rings is 1. The van der Waals surface area contributed by atoms with E-state index in [9.17, 15) is 17.0 Å². The van der Waals surface area contributed by atoms with Crippen LogP contribution in [0.3, 0.4) is 0 Å². The SMILES string of the molecule is COc1ccc(C(=O)NCC(C)O)cc1NCC#Cc1cc2c(NC34CCN(C)CC3C4)nccn2c1[Se](F)F. The number of ether oxygens (including phenoxy) is 1. The first-order valence-electron chi connectivity index (χ1n) is 13.1. The molecule has 2 aliphatic rings. The number of anilines is 2. The summed E-state index contributed by atoms with van der Waals surface area (Å²) in [6.45, 7) is 3.88. The zero-order valence-corrected chi connectivity index (χ0v) is 24.3. The molecule has 1 aliphatic carbocycles. The molecule has 1 saturated carbocycles. The summed E-state index contributed by atoms with van der Waals surface area (Å²) in [7, 11) is 3.64. The molecule has 1 radical (unpaired) electrons. The second-order valence-corrected chi connectivity index (χ2v) is 12.1. The van der Waals surface area contributed by atoms with E-state index >= 15 is 0 Å². The van der Waals surface area contributed by atoms with Crippen molar-refractivity contribution in [3.63, 3.8) is 0 Å². The third-order valence-electron chi connectivity index (χ3n) is 7.48. The van der Waals surface area contributed by atoms with Gasteiger partial charge in [-0.3, -0.25) is 0 Å². The van der Waals surface area contributed by atoms with E-state index in [4.69, 9.17) is 4.74 Å². The van der Waals surface area contributed by atoms with Crippen molar-refractivity contribution in [1.82, 2.24) is 19.6 Å². The van der Waals surface area contributed by atoms with Crippen LogP contribution < -0.4 is 25.3 Å². The molecule has 9 nitrogen and oxygen atoms in total. The zero-order valence-electron chi connectivity index (χ0n) is 22.6. The number of carbonyl (C=O) groups is 1. The third kappa shape index (κ3) is 5.88. The Bertz CT molecular complexity index is 1470. The summed E-state index contributed by atoms with van der Waals surface area (Å²) >= 11 is -4.06. The molecular formula is C28H33F2N6O3Se. The van der Waals surface area contributed by atoms with Crippen molar-refractivity contribution < 1.29 is 21.7 Å². The Morgan fingerprint density at radius 1 is 1.38 bits per heavy atom. The summed E-state index contributed by atoms with van der Waals surface area (Å²) in [5, 5.41) is 18.8. The fourth-order valence-electron chi connectivity index (χ4n) is 5.27. The van der Waals surface area contributed by atoms with E-state index in [0.29, 0.717) is 39.8 Å². The number of benzene rings is 1. The van der Waals surface area contributed by atoms with Crippen LogP contribution in [0.2, 0.25) is 0 Å². The average Bonchev–Trinajstić information content (AvgIpc) is 3.49. The molecule has 2 aromatic heterocycles. The van der Waals surface area contributed by atoms with Crippen molar-refractivity contribution in [3.05, 3.63) is 47.8 Å². The molecule has 12 heteroatoms. The Kier molecular flexibility index (Phi) is 8.19. The molecular weight excluding hydrogens is 585 g/mol. The summed E-state index contributed by atoms with van der Waals surface area (Å²) in [4.78, 5) is 19.2. The van der Waals surface area contributed by atoms with Gasteiger partial charge in [0.15, 0.2) is 0 Å². The average molecular weight is 619 g/mol. The van der Waals surface area contributed by atoms with Gasteiger partial charge in [0, 0.05) is 0 Å². The molecule has 40 heavy (non-hydrogen) atoms. The number of aliphatic hydroxyl groups is 1. The number of hydrogen-bond acceptors (Lipinski definition) is 7. The third-order valence-corrected chi connectivity index (χ3v) is 8.97. The second-order valence-electron chi connectivity index (χ2n) is 10.4. The predicted molar refractivity (Wildman–Crippen MR) is 152 cm³/mol. The number of hydrogen-bond donors (Lipinski definition) is 4. The molecule has 213 valence electrons. The van der Waals surface area contributed by atoms with Crippen molar-refractivity contribution in [2.45, 2.75) is 31.4 Å². The van der Waals surface area contributed by atoms with Gasteiger partial charge < -0.3 is 5.11 Å². The van der Waals surface area contributed by atoms with Crippen LogP contribution in [-0.4, -0.2) is 92.1 Å². The molecule has 3 atom stereocenters. The van der Waals surface area contributed by atoms with Crippen LogP contribution in [0.1, 0.15) is 35.7 Å². The Labute approximate surface area is 237 Å². The summed E-state index contributed by atoms with van der Waals surface area (Å²) in [5.74, 6) is 7.20. The summed E-state index contributed by atoms with van der Waals surface area (Å²) in [5.41, 5.74) is 1.81. The van der Waals surface area contributed by atoms with E-state index in [1.807, 2.05) is 0 Å². The van der Waals surface area contributed by atoms with E-state index in [0.717, 1.165) is 25.9 Å². The first-order chi connectivity index (χ1) is 19.2. The fraction of sp³-hybridized carbons (Fsp3) is 0.429. The monoisotopic (exact) mass is 619 g/mol. The molecule has 2 fully saturated rings. The fourth-order valence-corrected chi connectivity index (χ4v) is 6.49. The maximum atomic E-state index is 14.3. The van der Waals surface area contributed by atoms with Crippen molar-refractivity contribution in [2.75, 3.05) is 51.0 Å². The van der Waals surface area contributed by atoms with Gasteiger partial charge in [-0.05, 0) is 6.92 Å². The van der Waals surface area contributed by atoms with E-state index in [-0.39, 0.29) is 29.1 Å². The molecule has 3 heterocycles. The Morgan fingerprint density at radius 2 is 2.20 bits per heavy atom. The molecule has 0 spiro atoms. The molecule has 1 saturated heterocycles. The number of halogens is 2. The molecule has 1 amide bonds. The number of amides is 1. The Morgan fingerprint density at radius 3 is 2.92 bits per heavy atom. The number of likely N-dealkylation sites (tertiary alicyclic amines) is 1.